The van der Waals surface area contributed by atoms with Crippen LogP contribution >= 0.6 is 0 Å². The van der Waals surface area contributed by atoms with Crippen molar-refractivity contribution in [3.8, 4) is 0 Å². The highest BCUT2D eigenvalue weighted by Crippen LogP contribution is 2.14. The van der Waals surface area contributed by atoms with E-state index in [1.165, 1.54) is 32.7 Å². The third kappa shape index (κ3) is 0.941. The number of benzene rings is 1. The molecule has 2 aliphatic rings. The van der Waals surface area contributed by atoms with Gasteiger partial charge in [-0.05, 0) is 0 Å². The second-order valence-electron chi connectivity index (χ2n) is 3.90. The van der Waals surface area contributed by atoms with E-state index >= 15 is 0 Å². The number of rotatable bonds is 0. The standard InChI is InChI=1S/C14H10/c1-9-5-11-3-4-12-6-10(2)8-14(12)13(11)7-9/h3-6H,1-2H3/q-2. The molecule has 0 spiro atoms. The molecular weight excluding hydrogens is 168 g/mol. The topological polar surface area (TPSA) is 0 Å². The molecule has 14 heavy (non-hydrogen) atoms. The van der Waals surface area contributed by atoms with Crippen molar-refractivity contribution in [1.82, 2.24) is 0 Å². The fourth-order valence-electron chi connectivity index (χ4n) is 2.08. The fraction of sp³-hybridized carbons (Fsp3) is 0.143. The normalized spacial score (nSPS) is 16.4. The first kappa shape index (κ1) is 7.81. The quantitative estimate of drug-likeness (QED) is 0.532. The Balaban J connectivity index is 2.45. The van der Waals surface area contributed by atoms with E-state index in [4.69, 9.17) is 0 Å². The third-order valence-electron chi connectivity index (χ3n) is 2.66. The molecule has 1 aromatic carbocycles. The van der Waals surface area contributed by atoms with Crippen molar-refractivity contribution in [3.05, 3.63) is 44.8 Å². The maximum Gasteiger partial charge on any atom is -0.0588 e. The molecule has 68 valence electrons. The van der Waals surface area contributed by atoms with Gasteiger partial charge in [0.25, 0.3) is 0 Å². The van der Waals surface area contributed by atoms with Gasteiger partial charge in [0.1, 0.15) is 0 Å². The molecule has 0 aromatic heterocycles. The molecule has 0 unspecified atom stereocenters. The molecule has 1 aromatic rings. The Morgan fingerprint density at radius 2 is 1.21 bits per heavy atom. The highest BCUT2D eigenvalue weighted by Gasteiger charge is 1.93. The van der Waals surface area contributed by atoms with E-state index < -0.39 is 0 Å². The molecule has 0 amide bonds. The number of allylic oxidation sites excluding steroid dienone is 2. The van der Waals surface area contributed by atoms with E-state index in [9.17, 15) is 0 Å². The van der Waals surface area contributed by atoms with Crippen LogP contribution in [-0.2, 0) is 0 Å². The van der Waals surface area contributed by atoms with Gasteiger partial charge in [-0.2, -0.15) is 46.6 Å². The summed E-state index contributed by atoms with van der Waals surface area (Å²) in [7, 11) is 0. The van der Waals surface area contributed by atoms with Crippen molar-refractivity contribution in [3.63, 3.8) is 0 Å². The molecule has 3 rings (SSSR count). The molecule has 0 aliphatic heterocycles. The maximum absolute atomic E-state index is 3.38. The minimum atomic E-state index is 1.21. The molecule has 0 heteroatoms. The maximum atomic E-state index is 3.38. The summed E-state index contributed by atoms with van der Waals surface area (Å²) in [6.45, 7) is 4.17. The lowest BCUT2D eigenvalue weighted by molar-refractivity contribution is 1.49. The molecule has 0 saturated heterocycles. The van der Waals surface area contributed by atoms with Crippen molar-refractivity contribution in [1.29, 1.82) is 0 Å². The molecule has 0 bridgehead atoms. The summed E-state index contributed by atoms with van der Waals surface area (Å²) >= 11 is 0. The van der Waals surface area contributed by atoms with Crippen LogP contribution in [0.5, 0.6) is 0 Å². The van der Waals surface area contributed by atoms with Crippen molar-refractivity contribution < 1.29 is 0 Å². The van der Waals surface area contributed by atoms with E-state index in [-0.39, 0.29) is 0 Å². The summed E-state index contributed by atoms with van der Waals surface area (Å²) in [5.74, 6) is 0. The van der Waals surface area contributed by atoms with Crippen LogP contribution in [0.1, 0.15) is 25.0 Å². The Labute approximate surface area is 83.6 Å². The minimum absolute atomic E-state index is 1.21. The zero-order valence-electron chi connectivity index (χ0n) is 8.31. The van der Waals surface area contributed by atoms with Gasteiger partial charge in [0.2, 0.25) is 0 Å². The van der Waals surface area contributed by atoms with Crippen molar-refractivity contribution in [2.45, 2.75) is 13.8 Å². The lowest BCUT2D eigenvalue weighted by Gasteiger charge is -2.10. The molecular formula is C14H10-2. The Bertz CT molecular complexity index is 541. The molecule has 2 aliphatic carbocycles. The van der Waals surface area contributed by atoms with Gasteiger partial charge >= 0.3 is 0 Å². The number of hydrogen-bond acceptors (Lipinski definition) is 0. The van der Waals surface area contributed by atoms with Crippen LogP contribution < -0.4 is 10.4 Å². The highest BCUT2D eigenvalue weighted by atomic mass is 14.1. The Morgan fingerprint density at radius 3 is 1.64 bits per heavy atom. The molecule has 0 radical (unpaired) electrons. The van der Waals surface area contributed by atoms with Crippen molar-refractivity contribution in [2.24, 2.45) is 0 Å². The Morgan fingerprint density at radius 1 is 0.786 bits per heavy atom. The molecule has 0 N–H and O–H groups in total. The van der Waals surface area contributed by atoms with Gasteiger partial charge in [-0.1, -0.05) is 13.8 Å². The van der Waals surface area contributed by atoms with Crippen LogP contribution in [-0.4, -0.2) is 0 Å². The van der Waals surface area contributed by atoms with Crippen LogP contribution in [0, 0.1) is 0 Å². The zero-order valence-corrected chi connectivity index (χ0v) is 8.31. The second-order valence-corrected chi connectivity index (χ2v) is 3.90. The first-order valence-corrected chi connectivity index (χ1v) is 4.82. The second kappa shape index (κ2) is 2.48. The van der Waals surface area contributed by atoms with Gasteiger partial charge in [-0.25, -0.2) is 10.4 Å². The van der Waals surface area contributed by atoms with E-state index in [0.29, 0.717) is 0 Å². The van der Waals surface area contributed by atoms with E-state index in [2.05, 4.69) is 50.3 Å². The number of fused-ring (bicyclic) bond motifs is 3. The van der Waals surface area contributed by atoms with Gasteiger partial charge in [0.15, 0.2) is 0 Å². The van der Waals surface area contributed by atoms with Crippen LogP contribution in [0.3, 0.4) is 0 Å². The largest absolute Gasteiger partial charge is 0.228 e. The van der Waals surface area contributed by atoms with E-state index in [1.807, 2.05) is 0 Å². The van der Waals surface area contributed by atoms with Gasteiger partial charge in [-0.3, -0.25) is 0 Å². The summed E-state index contributed by atoms with van der Waals surface area (Å²) < 4.78 is 0. The van der Waals surface area contributed by atoms with Gasteiger partial charge in [0, 0.05) is 0 Å². The SMILES string of the molecule is CC1=Cc2ccc3c(c2=[C-]1)=[C-]C(C)=C3. The first-order chi connectivity index (χ1) is 6.74. The van der Waals surface area contributed by atoms with Crippen LogP contribution in [0.15, 0.2) is 23.3 Å². The third-order valence-corrected chi connectivity index (χ3v) is 2.66. The minimum Gasteiger partial charge on any atom is -0.228 e. The van der Waals surface area contributed by atoms with Crippen LogP contribution in [0.25, 0.3) is 24.3 Å². The monoisotopic (exact) mass is 178 g/mol. The first-order valence-electron chi connectivity index (χ1n) is 4.82. The van der Waals surface area contributed by atoms with Gasteiger partial charge < -0.3 is 0 Å². The summed E-state index contributed by atoms with van der Waals surface area (Å²) in [5.41, 5.74) is 4.97. The average molecular weight is 178 g/mol. The Kier molecular flexibility index (Phi) is 1.38. The fourth-order valence-corrected chi connectivity index (χ4v) is 2.08. The van der Waals surface area contributed by atoms with Crippen LogP contribution in [0.2, 0.25) is 0 Å². The summed E-state index contributed by atoms with van der Waals surface area (Å²) in [6.07, 6.45) is 11.1. The molecule has 0 saturated carbocycles. The van der Waals surface area contributed by atoms with E-state index in [0.717, 1.165) is 0 Å². The zero-order chi connectivity index (χ0) is 9.71. The van der Waals surface area contributed by atoms with Gasteiger partial charge in [0.05, 0.1) is 0 Å². The van der Waals surface area contributed by atoms with Crippen LogP contribution in [0.4, 0.5) is 0 Å². The molecule has 0 nitrogen and oxygen atoms in total. The number of hydrogen-bond donors (Lipinski definition) is 0. The summed E-state index contributed by atoms with van der Waals surface area (Å²) in [5, 5.41) is 2.43. The van der Waals surface area contributed by atoms with Crippen molar-refractivity contribution in [2.75, 3.05) is 0 Å². The Hall–Kier alpha value is -1.56. The predicted octanol–water partition coefficient (Wildman–Crippen LogP) is 1.84. The molecule has 0 atom stereocenters. The summed E-state index contributed by atoms with van der Waals surface area (Å²) in [4.78, 5) is 0. The van der Waals surface area contributed by atoms with Crippen molar-refractivity contribution >= 4 is 24.3 Å². The van der Waals surface area contributed by atoms with E-state index in [1.54, 1.807) is 0 Å². The lowest BCUT2D eigenvalue weighted by Crippen LogP contribution is -2.26. The smallest absolute Gasteiger partial charge is 0.0588 e. The molecule has 0 heterocycles. The predicted molar refractivity (Wildman–Crippen MR) is 59.8 cm³/mol. The van der Waals surface area contributed by atoms with Gasteiger partial charge in [-0.15, -0.1) is 12.1 Å². The lowest BCUT2D eigenvalue weighted by atomic mass is 10.1. The molecule has 0 fully saturated rings. The summed E-state index contributed by atoms with van der Waals surface area (Å²) in [6, 6.07) is 4.32. The highest BCUT2D eigenvalue weighted by molar-refractivity contribution is 5.78. The average Bonchev–Trinajstić information content (AvgIpc) is 2.65.